The minimum Gasteiger partial charge on any atom is -0.423 e. The fourth-order valence-corrected chi connectivity index (χ4v) is 6.22. The molecular formula is C31H34F3N7O7S. The summed E-state index contributed by atoms with van der Waals surface area (Å²) in [7, 11) is -4.55. The van der Waals surface area contributed by atoms with Crippen molar-refractivity contribution >= 4 is 49.8 Å². The maximum atomic E-state index is 13.8. The topological polar surface area (TPSA) is 208 Å². The van der Waals surface area contributed by atoms with E-state index in [4.69, 9.17) is 9.95 Å². The monoisotopic (exact) mass is 705 g/mol. The lowest BCUT2D eigenvalue weighted by Gasteiger charge is -2.44. The standard InChI is InChI=1S/C31H34F3N7O7S/c1-30(2)15-19(18-49(45,46)47)22-12-23-24(31(32,33)34)13-29(44)48-26(23)14-25(22)41(30)11-5-3-4-6-27(42)36-10-9-28(43)39-21-8-7-20(37-16-21)17-38-40-35/h7-8,12-16H,3-6,9-11,17-18H2,1-2H3,(H,36,42)(H,39,43)(H,45,46,47). The maximum Gasteiger partial charge on any atom is 0.417 e. The number of azide groups is 1. The van der Waals surface area contributed by atoms with E-state index in [-0.39, 0.29) is 54.5 Å². The van der Waals surface area contributed by atoms with Gasteiger partial charge in [0.05, 0.1) is 29.5 Å². The molecule has 0 aliphatic carbocycles. The maximum absolute atomic E-state index is 13.8. The first-order valence-corrected chi connectivity index (χ1v) is 16.7. The molecule has 0 atom stereocenters. The number of unbranched alkanes of at least 4 members (excludes halogenated alkanes) is 2. The van der Waals surface area contributed by atoms with E-state index < -0.39 is 44.2 Å². The van der Waals surface area contributed by atoms with Gasteiger partial charge < -0.3 is 20.0 Å². The van der Waals surface area contributed by atoms with Gasteiger partial charge in [-0.2, -0.15) is 21.6 Å². The molecule has 2 aromatic heterocycles. The molecule has 1 aliphatic rings. The summed E-state index contributed by atoms with van der Waals surface area (Å²) in [4.78, 5) is 45.1. The Hall–Kier alpha value is -4.93. The molecule has 1 aliphatic heterocycles. The number of alkyl halides is 3. The first-order chi connectivity index (χ1) is 23.0. The molecule has 0 saturated heterocycles. The van der Waals surface area contributed by atoms with Gasteiger partial charge in [-0.3, -0.25) is 19.1 Å². The van der Waals surface area contributed by atoms with Crippen molar-refractivity contribution in [3.63, 3.8) is 0 Å². The number of carbonyl (C=O) groups is 2. The largest absolute Gasteiger partial charge is 0.423 e. The molecule has 0 spiro atoms. The second-order valence-corrected chi connectivity index (χ2v) is 13.4. The summed E-state index contributed by atoms with van der Waals surface area (Å²) in [6.45, 7) is 4.10. The van der Waals surface area contributed by atoms with Crippen LogP contribution in [0.15, 0.2) is 56.9 Å². The Labute approximate surface area is 278 Å². The lowest BCUT2D eigenvalue weighted by Crippen LogP contribution is -2.46. The highest BCUT2D eigenvalue weighted by molar-refractivity contribution is 7.86. The average molecular weight is 706 g/mol. The van der Waals surface area contributed by atoms with Gasteiger partial charge in [-0.25, -0.2) is 4.79 Å². The predicted octanol–water partition coefficient (Wildman–Crippen LogP) is 5.59. The number of pyridine rings is 1. The molecule has 3 aromatic rings. The van der Waals surface area contributed by atoms with Gasteiger partial charge >= 0.3 is 11.8 Å². The molecule has 2 amide bonds. The molecule has 0 fully saturated rings. The number of carbonyl (C=O) groups excluding carboxylic acids is 2. The summed E-state index contributed by atoms with van der Waals surface area (Å²) in [5.41, 5.74) is 6.33. The van der Waals surface area contributed by atoms with Crippen molar-refractivity contribution in [2.75, 3.05) is 29.1 Å². The van der Waals surface area contributed by atoms with Crippen LogP contribution >= 0.6 is 0 Å². The molecule has 49 heavy (non-hydrogen) atoms. The van der Waals surface area contributed by atoms with E-state index >= 15 is 0 Å². The minimum absolute atomic E-state index is 0.0298. The van der Waals surface area contributed by atoms with E-state index in [0.717, 1.165) is 6.07 Å². The number of benzene rings is 1. The Morgan fingerprint density at radius 3 is 2.53 bits per heavy atom. The lowest BCUT2D eigenvalue weighted by molar-refractivity contribution is -0.136. The zero-order valence-corrected chi connectivity index (χ0v) is 27.4. The molecule has 0 radical (unpaired) electrons. The molecular weight excluding hydrogens is 671 g/mol. The van der Waals surface area contributed by atoms with Gasteiger partial charge in [0.15, 0.2) is 0 Å². The van der Waals surface area contributed by atoms with E-state index in [9.17, 15) is 40.5 Å². The second-order valence-electron chi connectivity index (χ2n) is 11.9. The number of nitrogens with zero attached hydrogens (tertiary/aromatic N) is 5. The highest BCUT2D eigenvalue weighted by Crippen LogP contribution is 2.44. The van der Waals surface area contributed by atoms with Gasteiger partial charge in [0.25, 0.3) is 10.1 Å². The third-order valence-electron chi connectivity index (χ3n) is 7.73. The van der Waals surface area contributed by atoms with Crippen LogP contribution in [0.4, 0.5) is 24.5 Å². The zero-order valence-electron chi connectivity index (χ0n) is 26.6. The van der Waals surface area contributed by atoms with Crippen molar-refractivity contribution in [2.45, 2.75) is 64.2 Å². The Kier molecular flexibility index (Phi) is 11.4. The highest BCUT2D eigenvalue weighted by Gasteiger charge is 2.37. The molecule has 1 aromatic carbocycles. The normalized spacial score (nSPS) is 14.1. The molecule has 14 nitrogen and oxygen atoms in total. The Morgan fingerprint density at radius 1 is 1.12 bits per heavy atom. The van der Waals surface area contributed by atoms with Gasteiger partial charge in [-0.15, -0.1) is 0 Å². The van der Waals surface area contributed by atoms with E-state index in [1.807, 2.05) is 4.90 Å². The van der Waals surface area contributed by atoms with E-state index in [1.54, 1.807) is 32.1 Å². The van der Waals surface area contributed by atoms with Gasteiger partial charge in [0, 0.05) is 65.3 Å². The van der Waals surface area contributed by atoms with Crippen LogP contribution in [0.5, 0.6) is 0 Å². The van der Waals surface area contributed by atoms with Crippen LogP contribution in [-0.2, 0) is 32.4 Å². The van der Waals surface area contributed by atoms with Crippen molar-refractivity contribution in [1.29, 1.82) is 0 Å². The van der Waals surface area contributed by atoms with Crippen molar-refractivity contribution in [1.82, 2.24) is 10.3 Å². The average Bonchev–Trinajstić information content (AvgIpc) is 2.99. The smallest absolute Gasteiger partial charge is 0.417 e. The van der Waals surface area contributed by atoms with Crippen LogP contribution in [0, 0.1) is 0 Å². The number of rotatable bonds is 14. The van der Waals surface area contributed by atoms with Crippen molar-refractivity contribution < 1.29 is 40.1 Å². The fraction of sp³-hybridized carbons (Fsp3) is 0.419. The summed E-state index contributed by atoms with van der Waals surface area (Å²) < 4.78 is 79.9. The number of anilines is 2. The molecule has 0 saturated carbocycles. The number of halogens is 3. The number of nitrogens with one attached hydrogen (secondary N) is 2. The number of aromatic nitrogens is 1. The molecule has 3 N–H and O–H groups in total. The number of fused-ring (bicyclic) bond motifs is 2. The van der Waals surface area contributed by atoms with Gasteiger partial charge in [-0.1, -0.05) is 17.6 Å². The lowest BCUT2D eigenvalue weighted by atomic mass is 9.87. The SMILES string of the molecule is CC1(C)C=C(CS(=O)(=O)O)c2cc3c(C(F)(F)F)cc(=O)oc3cc2N1CCCCCC(=O)NCCC(=O)Nc1ccc(CN=[N+]=[N-])nc1. The predicted molar refractivity (Wildman–Crippen MR) is 175 cm³/mol. The zero-order chi connectivity index (χ0) is 36.0. The summed E-state index contributed by atoms with van der Waals surface area (Å²) in [6, 6.07) is 5.98. The molecule has 262 valence electrons. The molecule has 3 heterocycles. The van der Waals surface area contributed by atoms with Crippen LogP contribution in [-0.4, -0.2) is 54.2 Å². The summed E-state index contributed by atoms with van der Waals surface area (Å²) in [5.74, 6) is -1.41. The fourth-order valence-electron chi connectivity index (χ4n) is 5.59. The molecule has 0 unspecified atom stereocenters. The third-order valence-corrected chi connectivity index (χ3v) is 8.40. The van der Waals surface area contributed by atoms with Crippen LogP contribution in [0.3, 0.4) is 0 Å². The first kappa shape index (κ1) is 36.9. The summed E-state index contributed by atoms with van der Waals surface area (Å²) in [6.07, 6.45) is -0.0415. The molecule has 0 bridgehead atoms. The Balaban J connectivity index is 1.35. The van der Waals surface area contributed by atoms with Crippen LogP contribution in [0.2, 0.25) is 0 Å². The van der Waals surface area contributed by atoms with E-state index in [1.165, 1.54) is 12.3 Å². The number of hydrogen-bond acceptors (Lipinski definition) is 9. The number of hydrogen-bond donors (Lipinski definition) is 3. The quantitative estimate of drug-likeness (QED) is 0.0476. The Morgan fingerprint density at radius 2 is 1.88 bits per heavy atom. The molecule has 4 rings (SSSR count). The van der Waals surface area contributed by atoms with Gasteiger partial charge in [0.1, 0.15) is 11.3 Å². The molecule has 18 heteroatoms. The van der Waals surface area contributed by atoms with Crippen molar-refractivity contribution in [2.24, 2.45) is 5.11 Å². The van der Waals surface area contributed by atoms with E-state index in [0.29, 0.717) is 48.9 Å². The van der Waals surface area contributed by atoms with Crippen LogP contribution < -0.4 is 21.2 Å². The summed E-state index contributed by atoms with van der Waals surface area (Å²) >= 11 is 0. The van der Waals surface area contributed by atoms with Gasteiger partial charge in [0.2, 0.25) is 11.8 Å². The van der Waals surface area contributed by atoms with E-state index in [2.05, 4.69) is 25.6 Å². The van der Waals surface area contributed by atoms with Crippen molar-refractivity contribution in [3.05, 3.63) is 80.3 Å². The Bertz CT molecular complexity index is 1970. The number of amides is 2. The highest BCUT2D eigenvalue weighted by atomic mass is 32.2. The summed E-state index contributed by atoms with van der Waals surface area (Å²) in [5, 5.41) is 8.34. The van der Waals surface area contributed by atoms with Crippen LogP contribution in [0.25, 0.3) is 27.0 Å². The second kappa shape index (κ2) is 15.1. The minimum atomic E-state index is -4.89. The van der Waals surface area contributed by atoms with Crippen LogP contribution in [0.1, 0.15) is 62.8 Å². The third kappa shape index (κ3) is 10.0. The van der Waals surface area contributed by atoms with Crippen molar-refractivity contribution in [3.8, 4) is 0 Å². The van der Waals surface area contributed by atoms with Gasteiger partial charge in [-0.05, 0) is 56.0 Å². The first-order valence-electron chi connectivity index (χ1n) is 15.1.